The predicted molar refractivity (Wildman–Crippen MR) is 67.1 cm³/mol. The maximum Gasteiger partial charge on any atom is 0.186 e. The Morgan fingerprint density at radius 2 is 2.00 bits per heavy atom. The van der Waals surface area contributed by atoms with Gasteiger partial charge < -0.3 is 0 Å². The molecule has 0 aromatic heterocycles. The van der Waals surface area contributed by atoms with Gasteiger partial charge >= 0.3 is 0 Å². The van der Waals surface area contributed by atoms with Gasteiger partial charge in [0.25, 0.3) is 0 Å². The van der Waals surface area contributed by atoms with Gasteiger partial charge in [0.05, 0.1) is 0 Å². The van der Waals surface area contributed by atoms with E-state index in [-0.39, 0.29) is 5.12 Å². The Morgan fingerprint density at radius 3 is 2.60 bits per heavy atom. The fourth-order valence-corrected chi connectivity index (χ4v) is 2.43. The summed E-state index contributed by atoms with van der Waals surface area (Å²) in [4.78, 5) is 10.9. The van der Waals surface area contributed by atoms with Gasteiger partial charge in [-0.3, -0.25) is 4.79 Å². The molecule has 1 unspecified atom stereocenters. The maximum atomic E-state index is 10.9. The van der Waals surface area contributed by atoms with Crippen LogP contribution in [0.2, 0.25) is 0 Å². The van der Waals surface area contributed by atoms with Crippen LogP contribution in [0.3, 0.4) is 0 Å². The van der Waals surface area contributed by atoms with Crippen molar-refractivity contribution in [2.45, 2.75) is 38.4 Å². The molecule has 0 saturated carbocycles. The monoisotopic (exact) mass is 222 g/mol. The summed E-state index contributed by atoms with van der Waals surface area (Å²) in [5.41, 5.74) is 1.39. The smallest absolute Gasteiger partial charge is 0.186 e. The van der Waals surface area contributed by atoms with Gasteiger partial charge in [0.1, 0.15) is 0 Å². The Bertz CT molecular complexity index is 295. The van der Waals surface area contributed by atoms with Gasteiger partial charge in [-0.2, -0.15) is 0 Å². The van der Waals surface area contributed by atoms with E-state index in [1.165, 1.54) is 17.3 Å². The first kappa shape index (κ1) is 12.3. The molecule has 2 heteroatoms. The lowest BCUT2D eigenvalue weighted by atomic mass is 10.1. The van der Waals surface area contributed by atoms with Crippen LogP contribution in [-0.2, 0) is 11.2 Å². The molecule has 1 atom stereocenters. The summed E-state index contributed by atoms with van der Waals surface area (Å²) < 4.78 is 0. The highest BCUT2D eigenvalue weighted by Gasteiger charge is 2.05. The first-order valence-corrected chi connectivity index (χ1v) is 6.27. The average Bonchev–Trinajstić information content (AvgIpc) is 2.18. The molecule has 0 radical (unpaired) electrons. The van der Waals surface area contributed by atoms with E-state index >= 15 is 0 Å². The Hall–Kier alpha value is -0.760. The summed E-state index contributed by atoms with van der Waals surface area (Å²) in [6.07, 6.45) is 3.38. The number of carbonyl (C=O) groups excluding carboxylic acids is 1. The lowest BCUT2D eigenvalue weighted by Crippen LogP contribution is -2.00. The molecule has 0 saturated heterocycles. The molecule has 15 heavy (non-hydrogen) atoms. The molecule has 0 N–H and O–H groups in total. The number of hydrogen-bond donors (Lipinski definition) is 0. The molecule has 0 aliphatic rings. The van der Waals surface area contributed by atoms with Crippen molar-refractivity contribution in [2.24, 2.45) is 0 Å². The van der Waals surface area contributed by atoms with Gasteiger partial charge in [0, 0.05) is 12.2 Å². The summed E-state index contributed by atoms with van der Waals surface area (Å²) in [5.74, 6) is 0. The van der Waals surface area contributed by atoms with Crippen LogP contribution < -0.4 is 0 Å². The zero-order valence-corrected chi connectivity index (χ0v) is 10.2. The van der Waals surface area contributed by atoms with E-state index in [4.69, 9.17) is 0 Å². The molecule has 1 aromatic carbocycles. The van der Waals surface area contributed by atoms with Crippen LogP contribution in [0.25, 0.3) is 0 Å². The molecule has 0 aliphatic carbocycles. The van der Waals surface area contributed by atoms with E-state index in [0.717, 1.165) is 19.3 Å². The van der Waals surface area contributed by atoms with Gasteiger partial charge in [-0.05, 0) is 24.8 Å². The lowest BCUT2D eigenvalue weighted by molar-refractivity contribution is -0.109. The minimum Gasteiger partial charge on any atom is -0.288 e. The standard InChI is InChI=1S/C13H18OS/c1-11(15-12(2)14)7-6-10-13-8-4-3-5-9-13/h3-5,8-9,11H,6-7,10H2,1-2H3. The van der Waals surface area contributed by atoms with Crippen molar-refractivity contribution in [1.29, 1.82) is 0 Å². The molecule has 0 spiro atoms. The lowest BCUT2D eigenvalue weighted by Gasteiger charge is -2.08. The molecule has 0 heterocycles. The molecule has 82 valence electrons. The Kier molecular flexibility index (Phi) is 5.48. The van der Waals surface area contributed by atoms with Gasteiger partial charge in [-0.15, -0.1) is 0 Å². The maximum absolute atomic E-state index is 10.9. The SMILES string of the molecule is CC(=O)SC(C)CCCc1ccccc1. The molecular formula is C13H18OS. The van der Waals surface area contributed by atoms with Crippen molar-refractivity contribution in [2.75, 3.05) is 0 Å². The van der Waals surface area contributed by atoms with Crippen LogP contribution in [-0.4, -0.2) is 10.4 Å². The molecule has 1 aromatic rings. The van der Waals surface area contributed by atoms with E-state index in [2.05, 4.69) is 31.2 Å². The molecule has 1 rings (SSSR count). The third-order valence-corrected chi connectivity index (χ3v) is 3.26. The molecule has 0 amide bonds. The van der Waals surface area contributed by atoms with E-state index in [0.29, 0.717) is 5.25 Å². The fraction of sp³-hybridized carbons (Fsp3) is 0.462. The van der Waals surface area contributed by atoms with Gasteiger partial charge in [-0.1, -0.05) is 49.0 Å². The highest BCUT2D eigenvalue weighted by molar-refractivity contribution is 8.14. The number of rotatable bonds is 5. The highest BCUT2D eigenvalue weighted by Crippen LogP contribution is 2.17. The van der Waals surface area contributed by atoms with Crippen LogP contribution in [0, 0.1) is 0 Å². The Balaban J connectivity index is 2.19. The molecular weight excluding hydrogens is 204 g/mol. The van der Waals surface area contributed by atoms with Crippen LogP contribution in [0.4, 0.5) is 0 Å². The summed E-state index contributed by atoms with van der Waals surface area (Å²) in [7, 11) is 0. The topological polar surface area (TPSA) is 17.1 Å². The Labute approximate surface area is 96.3 Å². The van der Waals surface area contributed by atoms with Crippen molar-refractivity contribution < 1.29 is 4.79 Å². The Morgan fingerprint density at radius 1 is 1.33 bits per heavy atom. The minimum absolute atomic E-state index is 0.224. The van der Waals surface area contributed by atoms with Crippen LogP contribution in [0.5, 0.6) is 0 Å². The van der Waals surface area contributed by atoms with Crippen molar-refractivity contribution in [1.82, 2.24) is 0 Å². The van der Waals surface area contributed by atoms with E-state index in [1.807, 2.05) is 6.07 Å². The number of carbonyl (C=O) groups is 1. The number of thioether (sulfide) groups is 1. The molecule has 0 aliphatic heterocycles. The van der Waals surface area contributed by atoms with E-state index < -0.39 is 0 Å². The normalized spacial score (nSPS) is 12.4. The minimum atomic E-state index is 0.224. The molecule has 0 bridgehead atoms. The van der Waals surface area contributed by atoms with Crippen molar-refractivity contribution in [3.05, 3.63) is 35.9 Å². The number of hydrogen-bond acceptors (Lipinski definition) is 2. The zero-order chi connectivity index (χ0) is 11.1. The van der Waals surface area contributed by atoms with Crippen LogP contribution >= 0.6 is 11.8 Å². The molecule has 1 nitrogen and oxygen atoms in total. The summed E-state index contributed by atoms with van der Waals surface area (Å²) >= 11 is 1.45. The summed E-state index contributed by atoms with van der Waals surface area (Å²) in [5, 5.41) is 0.674. The van der Waals surface area contributed by atoms with Gasteiger partial charge in [-0.25, -0.2) is 0 Å². The number of benzene rings is 1. The number of aryl methyl sites for hydroxylation is 1. The summed E-state index contributed by atoms with van der Waals surface area (Å²) in [6.45, 7) is 3.76. The second-order valence-electron chi connectivity index (χ2n) is 3.80. The van der Waals surface area contributed by atoms with Crippen LogP contribution in [0.15, 0.2) is 30.3 Å². The predicted octanol–water partition coefficient (Wildman–Crippen LogP) is 3.68. The second kappa shape index (κ2) is 6.67. The third kappa shape index (κ3) is 5.63. The largest absolute Gasteiger partial charge is 0.288 e. The second-order valence-corrected chi connectivity index (χ2v) is 5.41. The average molecular weight is 222 g/mol. The van der Waals surface area contributed by atoms with Crippen LogP contribution in [0.1, 0.15) is 32.3 Å². The van der Waals surface area contributed by atoms with Gasteiger partial charge in [0.2, 0.25) is 0 Å². The fourth-order valence-electron chi connectivity index (χ4n) is 1.58. The third-order valence-electron chi connectivity index (χ3n) is 2.29. The zero-order valence-electron chi connectivity index (χ0n) is 9.40. The summed E-state index contributed by atoms with van der Waals surface area (Å²) in [6, 6.07) is 10.5. The van der Waals surface area contributed by atoms with Crippen molar-refractivity contribution >= 4 is 16.9 Å². The van der Waals surface area contributed by atoms with Crippen molar-refractivity contribution in [3.63, 3.8) is 0 Å². The quantitative estimate of drug-likeness (QED) is 0.756. The van der Waals surface area contributed by atoms with Crippen molar-refractivity contribution in [3.8, 4) is 0 Å². The van der Waals surface area contributed by atoms with E-state index in [1.54, 1.807) is 6.92 Å². The highest BCUT2D eigenvalue weighted by atomic mass is 32.2. The first-order chi connectivity index (χ1) is 7.18. The van der Waals surface area contributed by atoms with E-state index in [9.17, 15) is 4.79 Å². The first-order valence-electron chi connectivity index (χ1n) is 5.39. The molecule has 0 fully saturated rings. The van der Waals surface area contributed by atoms with Gasteiger partial charge in [0.15, 0.2) is 5.12 Å².